The van der Waals surface area contributed by atoms with E-state index in [-0.39, 0.29) is 0 Å². The second-order valence-corrected chi connectivity index (χ2v) is 4.58. The Hall–Kier alpha value is -1.29. The van der Waals surface area contributed by atoms with Gasteiger partial charge in [0.2, 0.25) is 0 Å². The largest absolute Gasteiger partial charge is 0.378 e. The molecule has 0 unspecified atom stereocenters. The molecule has 2 N–H and O–H groups in total. The fraction of sp³-hybridized carbons (Fsp3) is 0.250. The van der Waals surface area contributed by atoms with Gasteiger partial charge in [-0.2, -0.15) is 0 Å². The molecule has 2 rings (SSSR count). The van der Waals surface area contributed by atoms with E-state index >= 15 is 0 Å². The van der Waals surface area contributed by atoms with Gasteiger partial charge in [-0.05, 0) is 41.4 Å². The Kier molecular flexibility index (Phi) is 3.29. The van der Waals surface area contributed by atoms with Gasteiger partial charge in [-0.3, -0.25) is 0 Å². The first-order chi connectivity index (χ1) is 7.66. The van der Waals surface area contributed by atoms with E-state index in [1.807, 2.05) is 19.2 Å². The van der Waals surface area contributed by atoms with Crippen LogP contribution in [0.2, 0.25) is 0 Å². The summed E-state index contributed by atoms with van der Waals surface area (Å²) in [4.78, 5) is 7.35. The van der Waals surface area contributed by atoms with Crippen LogP contribution in [0.3, 0.4) is 0 Å². The second kappa shape index (κ2) is 4.70. The minimum atomic E-state index is 0.753. The molecule has 1 aromatic heterocycles. The Morgan fingerprint density at radius 1 is 1.38 bits per heavy atom. The molecule has 2 aromatic rings. The second-order valence-electron chi connectivity index (χ2n) is 3.78. The van der Waals surface area contributed by atoms with Crippen molar-refractivity contribution in [3.8, 4) is 0 Å². The first-order valence-corrected chi connectivity index (χ1v) is 5.95. The van der Waals surface area contributed by atoms with E-state index in [9.17, 15) is 0 Å². The minimum Gasteiger partial charge on any atom is -0.378 e. The number of benzene rings is 1. The highest BCUT2D eigenvalue weighted by Gasteiger charge is 2.02. The van der Waals surface area contributed by atoms with Crippen molar-refractivity contribution < 1.29 is 0 Å². The Balaban J connectivity index is 2.07. The lowest BCUT2D eigenvalue weighted by Gasteiger charge is -2.08. The van der Waals surface area contributed by atoms with Gasteiger partial charge in [0.15, 0.2) is 0 Å². The molecule has 84 valence electrons. The fourth-order valence-corrected chi connectivity index (χ4v) is 1.94. The van der Waals surface area contributed by atoms with Gasteiger partial charge in [0.25, 0.3) is 0 Å². The van der Waals surface area contributed by atoms with Crippen LogP contribution in [0.25, 0.3) is 0 Å². The summed E-state index contributed by atoms with van der Waals surface area (Å²) in [7, 11) is 0. The number of rotatable bonds is 3. The number of aryl methyl sites for hydroxylation is 2. The average molecular weight is 280 g/mol. The maximum Gasteiger partial charge on any atom is 0.103 e. The highest BCUT2D eigenvalue weighted by Crippen LogP contribution is 2.25. The number of halogens is 1. The summed E-state index contributed by atoms with van der Waals surface area (Å²) in [5, 5.41) is 3.37. The zero-order valence-corrected chi connectivity index (χ0v) is 10.9. The molecule has 0 bridgehead atoms. The number of hydrogen-bond donors (Lipinski definition) is 2. The van der Waals surface area contributed by atoms with E-state index < -0.39 is 0 Å². The summed E-state index contributed by atoms with van der Waals surface area (Å²) in [6, 6.07) is 6.18. The molecule has 0 spiro atoms. The Bertz CT molecular complexity index is 491. The van der Waals surface area contributed by atoms with Gasteiger partial charge in [0.05, 0.1) is 18.4 Å². The molecule has 0 aliphatic heterocycles. The van der Waals surface area contributed by atoms with Gasteiger partial charge in [-0.15, -0.1) is 0 Å². The quantitative estimate of drug-likeness (QED) is 0.904. The molecule has 1 aromatic carbocycles. The smallest absolute Gasteiger partial charge is 0.103 e. The summed E-state index contributed by atoms with van der Waals surface area (Å²) in [5.74, 6) is 0.945. The number of nitrogens with zero attached hydrogens (tertiary/aromatic N) is 1. The summed E-state index contributed by atoms with van der Waals surface area (Å²) in [6.45, 7) is 4.78. The number of nitrogens with one attached hydrogen (secondary N) is 2. The molecule has 4 heteroatoms. The van der Waals surface area contributed by atoms with Crippen molar-refractivity contribution in [3.05, 3.63) is 46.0 Å². The third-order valence-corrected chi connectivity index (χ3v) is 3.47. The van der Waals surface area contributed by atoms with Gasteiger partial charge >= 0.3 is 0 Å². The van der Waals surface area contributed by atoms with Crippen LogP contribution in [-0.4, -0.2) is 9.97 Å². The van der Waals surface area contributed by atoms with Crippen LogP contribution in [0.4, 0.5) is 5.69 Å². The van der Waals surface area contributed by atoms with Crippen LogP contribution >= 0.6 is 15.9 Å². The van der Waals surface area contributed by atoms with Crippen LogP contribution in [-0.2, 0) is 6.54 Å². The molecule has 0 atom stereocenters. The van der Waals surface area contributed by atoms with Gasteiger partial charge in [-0.25, -0.2) is 4.98 Å². The normalized spacial score (nSPS) is 10.4. The first-order valence-electron chi connectivity index (χ1n) is 5.16. The van der Waals surface area contributed by atoms with E-state index in [4.69, 9.17) is 0 Å². The number of H-pyrrole nitrogens is 1. The predicted octanol–water partition coefficient (Wildman–Crippen LogP) is 3.40. The van der Waals surface area contributed by atoms with Gasteiger partial charge in [0, 0.05) is 10.2 Å². The van der Waals surface area contributed by atoms with Crippen molar-refractivity contribution in [2.45, 2.75) is 20.4 Å². The highest BCUT2D eigenvalue weighted by molar-refractivity contribution is 9.10. The van der Waals surface area contributed by atoms with Crippen molar-refractivity contribution in [3.63, 3.8) is 0 Å². The molecule has 1 heterocycles. The van der Waals surface area contributed by atoms with Crippen LogP contribution < -0.4 is 5.32 Å². The van der Waals surface area contributed by atoms with Crippen LogP contribution in [0.15, 0.2) is 28.9 Å². The molecular formula is C12H14BrN3. The molecular weight excluding hydrogens is 266 g/mol. The van der Waals surface area contributed by atoms with E-state index in [0.29, 0.717) is 0 Å². The van der Waals surface area contributed by atoms with Crippen molar-refractivity contribution in [2.24, 2.45) is 0 Å². The maximum absolute atomic E-state index is 4.16. The Labute approximate surface area is 103 Å². The average Bonchev–Trinajstić information content (AvgIpc) is 2.67. The van der Waals surface area contributed by atoms with E-state index in [0.717, 1.165) is 28.2 Å². The zero-order valence-electron chi connectivity index (χ0n) is 9.34. The number of anilines is 1. The third-order valence-electron chi connectivity index (χ3n) is 2.42. The monoisotopic (exact) mass is 279 g/mol. The van der Waals surface area contributed by atoms with Gasteiger partial charge < -0.3 is 10.3 Å². The lowest BCUT2D eigenvalue weighted by Crippen LogP contribution is -2.00. The van der Waals surface area contributed by atoms with E-state index in [1.54, 1.807) is 0 Å². The highest BCUT2D eigenvalue weighted by atomic mass is 79.9. The predicted molar refractivity (Wildman–Crippen MR) is 69.5 cm³/mol. The molecule has 0 saturated heterocycles. The Morgan fingerprint density at radius 3 is 2.88 bits per heavy atom. The zero-order chi connectivity index (χ0) is 11.5. The third kappa shape index (κ3) is 2.44. The topological polar surface area (TPSA) is 40.7 Å². The SMILES string of the molecule is Cc1ncc(CNc2cccc(C)c2Br)[nH]1. The van der Waals surface area contributed by atoms with Crippen molar-refractivity contribution >= 4 is 21.6 Å². The molecule has 0 radical (unpaired) electrons. The molecule has 0 fully saturated rings. The Morgan fingerprint density at radius 2 is 2.19 bits per heavy atom. The summed E-state index contributed by atoms with van der Waals surface area (Å²) < 4.78 is 1.12. The maximum atomic E-state index is 4.16. The minimum absolute atomic E-state index is 0.753. The van der Waals surface area contributed by atoms with Gasteiger partial charge in [-0.1, -0.05) is 12.1 Å². The number of hydrogen-bond acceptors (Lipinski definition) is 2. The lowest BCUT2D eigenvalue weighted by atomic mass is 10.2. The summed E-state index contributed by atoms with van der Waals surface area (Å²) >= 11 is 3.57. The summed E-state index contributed by atoms with van der Waals surface area (Å²) in [5.41, 5.74) is 3.42. The molecule has 0 aliphatic carbocycles. The lowest BCUT2D eigenvalue weighted by molar-refractivity contribution is 1.05. The number of aromatic nitrogens is 2. The molecule has 0 saturated carbocycles. The first kappa shape index (κ1) is 11.2. The van der Waals surface area contributed by atoms with Crippen molar-refractivity contribution in [1.82, 2.24) is 9.97 Å². The molecule has 0 amide bonds. The van der Waals surface area contributed by atoms with E-state index in [1.165, 1.54) is 5.56 Å². The molecule has 16 heavy (non-hydrogen) atoms. The summed E-state index contributed by atoms with van der Waals surface area (Å²) in [6.07, 6.45) is 1.85. The van der Waals surface area contributed by atoms with Crippen LogP contribution in [0.1, 0.15) is 17.1 Å². The fourth-order valence-electron chi connectivity index (χ4n) is 1.54. The molecule has 3 nitrogen and oxygen atoms in total. The van der Waals surface area contributed by atoms with Crippen molar-refractivity contribution in [1.29, 1.82) is 0 Å². The van der Waals surface area contributed by atoms with Crippen molar-refractivity contribution in [2.75, 3.05) is 5.32 Å². The van der Waals surface area contributed by atoms with E-state index in [2.05, 4.69) is 50.3 Å². The molecule has 0 aliphatic rings. The number of imidazole rings is 1. The van der Waals surface area contributed by atoms with Gasteiger partial charge in [0.1, 0.15) is 5.82 Å². The van der Waals surface area contributed by atoms with Crippen LogP contribution in [0.5, 0.6) is 0 Å². The standard InChI is InChI=1S/C12H14BrN3/c1-8-4-3-5-11(12(8)13)15-7-10-6-14-9(2)16-10/h3-6,15H,7H2,1-2H3,(H,14,16). The number of aromatic amines is 1. The van der Waals surface area contributed by atoms with Crippen LogP contribution in [0, 0.1) is 13.8 Å².